The Kier molecular flexibility index (Phi) is 4.57. The van der Waals surface area contributed by atoms with Crippen LogP contribution in [0.2, 0.25) is 0 Å². The molecule has 0 spiro atoms. The maximum absolute atomic E-state index is 12.8. The molecule has 0 amide bonds. The van der Waals surface area contributed by atoms with E-state index < -0.39 is 12.1 Å². The molecule has 0 aromatic heterocycles. The molecule has 0 bridgehead atoms. The van der Waals surface area contributed by atoms with Gasteiger partial charge in [-0.2, -0.15) is 13.2 Å². The Bertz CT molecular complexity index is 260. The summed E-state index contributed by atoms with van der Waals surface area (Å²) in [5, 5.41) is 3.28. The molecule has 0 radical (unpaired) electrons. The van der Waals surface area contributed by atoms with Gasteiger partial charge >= 0.3 is 6.18 Å². The summed E-state index contributed by atoms with van der Waals surface area (Å²) in [5.41, 5.74) is 0. The monoisotopic (exact) mass is 263 g/mol. The molecule has 0 aromatic carbocycles. The van der Waals surface area contributed by atoms with Gasteiger partial charge in [0.25, 0.3) is 0 Å². The molecule has 3 atom stereocenters. The van der Waals surface area contributed by atoms with Gasteiger partial charge in [-0.25, -0.2) is 0 Å². The van der Waals surface area contributed by atoms with E-state index in [4.69, 9.17) is 0 Å². The summed E-state index contributed by atoms with van der Waals surface area (Å²) in [7, 11) is 1.90. The van der Waals surface area contributed by atoms with Crippen LogP contribution < -0.4 is 5.32 Å². The first-order valence-electron chi connectivity index (χ1n) is 7.24. The molecule has 0 saturated heterocycles. The van der Waals surface area contributed by atoms with Crippen LogP contribution in [0, 0.1) is 17.8 Å². The van der Waals surface area contributed by atoms with E-state index in [0.717, 1.165) is 25.2 Å². The molecule has 18 heavy (non-hydrogen) atoms. The molecule has 4 heteroatoms. The predicted octanol–water partition coefficient (Wildman–Crippen LogP) is 4.13. The van der Waals surface area contributed by atoms with Crippen LogP contribution in [0.4, 0.5) is 13.2 Å². The summed E-state index contributed by atoms with van der Waals surface area (Å²) in [6, 6.07) is 0.292. The summed E-state index contributed by atoms with van der Waals surface area (Å²) in [6.07, 6.45) is 3.29. The quantitative estimate of drug-likeness (QED) is 0.804. The highest BCUT2D eigenvalue weighted by Gasteiger charge is 2.43. The van der Waals surface area contributed by atoms with Crippen molar-refractivity contribution < 1.29 is 13.2 Å². The van der Waals surface area contributed by atoms with Crippen LogP contribution in [-0.4, -0.2) is 19.3 Å². The van der Waals surface area contributed by atoms with E-state index in [-0.39, 0.29) is 5.92 Å². The third-order valence-corrected chi connectivity index (χ3v) is 4.93. The Morgan fingerprint density at radius 3 is 2.28 bits per heavy atom. The van der Waals surface area contributed by atoms with Crippen molar-refractivity contribution in [2.45, 2.75) is 63.6 Å². The smallest absolute Gasteiger partial charge is 0.317 e. The number of halogens is 3. The maximum atomic E-state index is 12.8. The first kappa shape index (κ1) is 14.2. The van der Waals surface area contributed by atoms with E-state index in [1.807, 2.05) is 7.05 Å². The van der Waals surface area contributed by atoms with E-state index in [1.54, 1.807) is 0 Å². The molecule has 0 aromatic rings. The van der Waals surface area contributed by atoms with Crippen molar-refractivity contribution in [3.8, 4) is 0 Å². The van der Waals surface area contributed by atoms with Crippen LogP contribution in [0.3, 0.4) is 0 Å². The fourth-order valence-corrected chi connectivity index (χ4v) is 3.52. The van der Waals surface area contributed by atoms with Gasteiger partial charge in [0, 0.05) is 6.04 Å². The fraction of sp³-hybridized carbons (Fsp3) is 1.00. The highest BCUT2D eigenvalue weighted by Crippen LogP contribution is 2.42. The van der Waals surface area contributed by atoms with Crippen LogP contribution in [-0.2, 0) is 0 Å². The molecule has 0 heterocycles. The van der Waals surface area contributed by atoms with Gasteiger partial charge < -0.3 is 5.32 Å². The largest absolute Gasteiger partial charge is 0.391 e. The Morgan fingerprint density at radius 2 is 1.78 bits per heavy atom. The van der Waals surface area contributed by atoms with Crippen molar-refractivity contribution in [2.24, 2.45) is 17.8 Å². The van der Waals surface area contributed by atoms with Gasteiger partial charge in [-0.3, -0.25) is 0 Å². The Hall–Kier alpha value is -0.250. The van der Waals surface area contributed by atoms with Crippen LogP contribution in [0.25, 0.3) is 0 Å². The van der Waals surface area contributed by atoms with Crippen LogP contribution >= 0.6 is 0 Å². The lowest BCUT2D eigenvalue weighted by molar-refractivity contribution is -0.186. The summed E-state index contributed by atoms with van der Waals surface area (Å²) < 4.78 is 38.4. The Balaban J connectivity index is 1.89. The SMILES string of the molecule is CNC(CC1CCC1)C1CCCC(C(F)(F)F)C1. The fourth-order valence-electron chi connectivity index (χ4n) is 3.52. The molecule has 1 nitrogen and oxygen atoms in total. The second kappa shape index (κ2) is 5.81. The topological polar surface area (TPSA) is 12.0 Å². The van der Waals surface area contributed by atoms with Gasteiger partial charge in [-0.1, -0.05) is 25.7 Å². The van der Waals surface area contributed by atoms with Crippen molar-refractivity contribution in [3.63, 3.8) is 0 Å². The number of nitrogens with one attached hydrogen (secondary N) is 1. The average molecular weight is 263 g/mol. The normalized spacial score (nSPS) is 32.0. The minimum atomic E-state index is -3.99. The van der Waals surface area contributed by atoms with Crippen LogP contribution in [0.1, 0.15) is 51.4 Å². The van der Waals surface area contributed by atoms with Gasteiger partial charge in [0.1, 0.15) is 0 Å². The lowest BCUT2D eigenvalue weighted by Crippen LogP contribution is -2.41. The highest BCUT2D eigenvalue weighted by atomic mass is 19.4. The molecule has 2 aliphatic carbocycles. The third kappa shape index (κ3) is 3.40. The molecule has 2 fully saturated rings. The first-order valence-corrected chi connectivity index (χ1v) is 7.24. The molecule has 106 valence electrons. The van der Waals surface area contributed by atoms with Crippen molar-refractivity contribution in [2.75, 3.05) is 7.05 Å². The summed E-state index contributed by atoms with van der Waals surface area (Å²) >= 11 is 0. The van der Waals surface area contributed by atoms with E-state index in [0.29, 0.717) is 18.9 Å². The zero-order chi connectivity index (χ0) is 13.2. The molecule has 3 unspecified atom stereocenters. The molecular weight excluding hydrogens is 239 g/mol. The summed E-state index contributed by atoms with van der Waals surface area (Å²) in [6.45, 7) is 0. The van der Waals surface area contributed by atoms with Crippen molar-refractivity contribution in [1.82, 2.24) is 5.32 Å². The average Bonchev–Trinajstić information content (AvgIpc) is 2.27. The Labute approximate surface area is 108 Å². The molecule has 2 aliphatic rings. The third-order valence-electron chi connectivity index (χ3n) is 4.93. The van der Waals surface area contributed by atoms with Gasteiger partial charge in [-0.15, -0.1) is 0 Å². The number of rotatable bonds is 4. The molecule has 2 saturated carbocycles. The molecular formula is C14H24F3N. The van der Waals surface area contributed by atoms with E-state index >= 15 is 0 Å². The molecule has 1 N–H and O–H groups in total. The van der Waals surface area contributed by atoms with Gasteiger partial charge in [0.05, 0.1) is 5.92 Å². The standard InChI is InChI=1S/C14H24F3N/c1-18-13(8-10-4-2-5-10)11-6-3-7-12(9-11)14(15,16)17/h10-13,18H,2-9H2,1H3. The lowest BCUT2D eigenvalue weighted by Gasteiger charge is -2.38. The predicted molar refractivity (Wildman–Crippen MR) is 66.3 cm³/mol. The lowest BCUT2D eigenvalue weighted by atomic mass is 9.72. The zero-order valence-electron chi connectivity index (χ0n) is 11.1. The van der Waals surface area contributed by atoms with E-state index in [1.165, 1.54) is 19.3 Å². The molecule has 2 rings (SSSR count). The molecule has 0 aliphatic heterocycles. The van der Waals surface area contributed by atoms with Crippen molar-refractivity contribution in [3.05, 3.63) is 0 Å². The second-order valence-electron chi connectivity index (χ2n) is 6.09. The highest BCUT2D eigenvalue weighted by molar-refractivity contribution is 4.87. The first-order chi connectivity index (χ1) is 8.50. The number of hydrogen-bond donors (Lipinski definition) is 1. The zero-order valence-corrected chi connectivity index (χ0v) is 11.1. The van der Waals surface area contributed by atoms with Gasteiger partial charge in [-0.05, 0) is 44.6 Å². The second-order valence-corrected chi connectivity index (χ2v) is 6.09. The van der Waals surface area contributed by atoms with Crippen molar-refractivity contribution in [1.29, 1.82) is 0 Å². The minimum absolute atomic E-state index is 0.218. The Morgan fingerprint density at radius 1 is 1.11 bits per heavy atom. The van der Waals surface area contributed by atoms with Crippen molar-refractivity contribution >= 4 is 0 Å². The van der Waals surface area contributed by atoms with Crippen LogP contribution in [0.5, 0.6) is 0 Å². The van der Waals surface area contributed by atoms with Gasteiger partial charge in [0.2, 0.25) is 0 Å². The van der Waals surface area contributed by atoms with Crippen LogP contribution in [0.15, 0.2) is 0 Å². The minimum Gasteiger partial charge on any atom is -0.317 e. The number of alkyl halides is 3. The summed E-state index contributed by atoms with van der Waals surface area (Å²) in [4.78, 5) is 0. The van der Waals surface area contributed by atoms with Gasteiger partial charge in [0.15, 0.2) is 0 Å². The maximum Gasteiger partial charge on any atom is 0.391 e. The summed E-state index contributed by atoms with van der Waals surface area (Å²) in [5.74, 6) is -0.0850. The van der Waals surface area contributed by atoms with E-state index in [2.05, 4.69) is 5.32 Å². The number of hydrogen-bond acceptors (Lipinski definition) is 1. The van der Waals surface area contributed by atoms with E-state index in [9.17, 15) is 13.2 Å².